The van der Waals surface area contributed by atoms with E-state index in [0.717, 1.165) is 70.6 Å². The number of rotatable bonds is 35. The van der Waals surface area contributed by atoms with Crippen LogP contribution in [-0.4, -0.2) is 96.0 Å². The maximum atomic E-state index is 12.8. The molecule has 0 aliphatic carbocycles. The molecule has 1 aliphatic rings. The summed E-state index contributed by atoms with van der Waals surface area (Å²) in [5, 5.41) is 30.8. The maximum Gasteiger partial charge on any atom is 0.306 e. The molecule has 12 nitrogen and oxygen atoms in total. The van der Waals surface area contributed by atoms with Crippen LogP contribution in [0.15, 0.2) is 48.6 Å². The fourth-order valence-corrected chi connectivity index (χ4v) is 6.88. The van der Waals surface area contributed by atoms with E-state index < -0.39 is 71.2 Å². The van der Waals surface area contributed by atoms with Gasteiger partial charge in [-0.25, -0.2) is 0 Å². The zero-order valence-electron chi connectivity index (χ0n) is 34.9. The summed E-state index contributed by atoms with van der Waals surface area (Å²) in [5.41, 5.74) is 0. The molecule has 1 fully saturated rings. The van der Waals surface area contributed by atoms with Gasteiger partial charge in [0.05, 0.1) is 6.61 Å². The Morgan fingerprint density at radius 3 is 1.63 bits per heavy atom. The van der Waals surface area contributed by atoms with E-state index in [1.807, 2.05) is 0 Å². The van der Waals surface area contributed by atoms with Gasteiger partial charge in [-0.1, -0.05) is 127 Å². The minimum absolute atomic E-state index is 0.140. The number of aliphatic hydroxyl groups is 3. The predicted molar refractivity (Wildman–Crippen MR) is 224 cm³/mol. The first-order valence-electron chi connectivity index (χ1n) is 21.7. The van der Waals surface area contributed by atoms with Crippen LogP contribution in [0.5, 0.6) is 0 Å². The van der Waals surface area contributed by atoms with E-state index >= 15 is 0 Å². The highest BCUT2D eigenvalue weighted by Crippen LogP contribution is 2.24. The zero-order valence-corrected chi connectivity index (χ0v) is 35.7. The first kappa shape index (κ1) is 52.6. The minimum Gasteiger partial charge on any atom is -0.462 e. The Labute approximate surface area is 343 Å². The Morgan fingerprint density at radius 1 is 0.596 bits per heavy atom. The number of ether oxygens (including phenoxy) is 4. The van der Waals surface area contributed by atoms with Gasteiger partial charge in [0, 0.05) is 12.8 Å². The molecule has 0 radical (unpaired) electrons. The molecule has 2 unspecified atom stereocenters. The first-order chi connectivity index (χ1) is 27.5. The molecule has 4 N–H and O–H groups in total. The Kier molecular flexibility index (Phi) is 31.8. The Bertz CT molecular complexity index is 1250. The van der Waals surface area contributed by atoms with Crippen LogP contribution in [0.3, 0.4) is 0 Å². The topological polar surface area (TPSA) is 186 Å². The summed E-state index contributed by atoms with van der Waals surface area (Å²) >= 11 is 0. The van der Waals surface area contributed by atoms with Crippen molar-refractivity contribution in [1.29, 1.82) is 0 Å². The van der Waals surface area contributed by atoms with Crippen LogP contribution in [0.1, 0.15) is 162 Å². The number of carbonyl (C=O) groups is 2. The summed E-state index contributed by atoms with van der Waals surface area (Å²) in [4.78, 5) is 25.3. The average molecular weight is 829 g/mol. The lowest BCUT2D eigenvalue weighted by Crippen LogP contribution is -2.60. The second kappa shape index (κ2) is 34.5. The highest BCUT2D eigenvalue weighted by molar-refractivity contribution is 7.85. The fraction of sp³-hybridized carbons (Fsp3) is 0.773. The third kappa shape index (κ3) is 29.5. The minimum atomic E-state index is -4.61. The third-order valence-corrected chi connectivity index (χ3v) is 10.4. The molecule has 0 amide bonds. The quantitative estimate of drug-likeness (QED) is 0.0207. The van der Waals surface area contributed by atoms with Crippen molar-refractivity contribution in [2.75, 3.05) is 19.0 Å². The molecule has 0 aromatic heterocycles. The highest BCUT2D eigenvalue weighted by atomic mass is 32.2. The van der Waals surface area contributed by atoms with Crippen LogP contribution in [0.25, 0.3) is 0 Å². The Hall–Kier alpha value is -2.39. The van der Waals surface area contributed by atoms with Gasteiger partial charge in [0.25, 0.3) is 10.1 Å². The number of hydrogen-bond acceptors (Lipinski definition) is 11. The third-order valence-electron chi connectivity index (χ3n) is 9.63. The number of carbonyl (C=O) groups excluding carboxylic acids is 2. The van der Waals surface area contributed by atoms with Crippen molar-refractivity contribution in [1.82, 2.24) is 0 Å². The number of esters is 2. The van der Waals surface area contributed by atoms with Gasteiger partial charge < -0.3 is 34.3 Å². The Morgan fingerprint density at radius 2 is 1.07 bits per heavy atom. The van der Waals surface area contributed by atoms with Crippen LogP contribution in [0.4, 0.5) is 0 Å². The van der Waals surface area contributed by atoms with E-state index in [9.17, 15) is 37.9 Å². The van der Waals surface area contributed by atoms with Crippen molar-refractivity contribution in [3.8, 4) is 0 Å². The van der Waals surface area contributed by atoms with E-state index in [1.54, 1.807) is 0 Å². The lowest BCUT2D eigenvalue weighted by molar-refractivity contribution is -0.297. The van der Waals surface area contributed by atoms with Crippen molar-refractivity contribution in [2.45, 2.75) is 198 Å². The molecule has 1 aliphatic heterocycles. The molecule has 0 spiro atoms. The van der Waals surface area contributed by atoms with Gasteiger partial charge in [-0.15, -0.1) is 0 Å². The van der Waals surface area contributed by atoms with Crippen LogP contribution in [0, 0.1) is 0 Å². The molecule has 1 saturated heterocycles. The molecule has 13 heteroatoms. The van der Waals surface area contributed by atoms with E-state index in [0.29, 0.717) is 12.8 Å². The molecule has 0 saturated carbocycles. The molecule has 57 heavy (non-hydrogen) atoms. The summed E-state index contributed by atoms with van der Waals surface area (Å²) in [7, 11) is -4.61. The van der Waals surface area contributed by atoms with Crippen LogP contribution in [0.2, 0.25) is 0 Å². The second-order valence-electron chi connectivity index (χ2n) is 15.0. The predicted octanol–water partition coefficient (Wildman–Crippen LogP) is 8.39. The second-order valence-corrected chi connectivity index (χ2v) is 16.5. The molecule has 0 aromatic rings. The number of unbranched alkanes of at least 4 members (excludes halogenated alkanes) is 15. The van der Waals surface area contributed by atoms with E-state index in [2.05, 4.69) is 62.5 Å². The SMILES string of the molecule is CCCC/C=C/C/C=C/CCCCCCCC(=O)O[C@H](COC(=O)CCCC/C=C/C/C=C/CCCCCCCC)CO[C@H]1O[C@H](CS(=O)(=O)O)[C@@H](O)C(O)C1O. The van der Waals surface area contributed by atoms with Crippen LogP contribution in [-0.2, 0) is 38.7 Å². The average Bonchev–Trinajstić information content (AvgIpc) is 3.17. The van der Waals surface area contributed by atoms with Gasteiger partial charge in [0.1, 0.15) is 36.8 Å². The summed E-state index contributed by atoms with van der Waals surface area (Å²) in [5.74, 6) is -2.05. The molecular weight excluding hydrogens is 753 g/mol. The molecule has 0 aromatic carbocycles. The van der Waals surface area contributed by atoms with Gasteiger partial charge in [0.2, 0.25) is 0 Å². The Balaban J connectivity index is 2.51. The number of aliphatic hydroxyl groups excluding tert-OH is 3. The first-order valence-corrected chi connectivity index (χ1v) is 23.3. The lowest BCUT2D eigenvalue weighted by Gasteiger charge is -2.40. The van der Waals surface area contributed by atoms with Crippen LogP contribution < -0.4 is 0 Å². The number of hydrogen-bond donors (Lipinski definition) is 4. The van der Waals surface area contributed by atoms with E-state index in [4.69, 9.17) is 18.9 Å². The molecular formula is C44H76O12S. The molecule has 0 bridgehead atoms. The standard InChI is InChI=1S/C44H76O12S/c1-3-5-7-9-11-13-15-17-19-21-22-24-26-28-30-32-39(45)53-34-37(35-54-44-43(49)42(48)41(47)38(56-44)36-57(50,51)52)55-40(46)33-31-29-27-25-23-20-18-16-14-12-10-8-6-4-2/h10,12,16-19,22,24,37-38,41-44,47-49H,3-9,11,13-15,20-21,23,25-36H2,1-2H3,(H,50,51,52)/b12-10+,18-16+,19-17+,24-22+/t37-,38-,41-,42?,43?,44+/m1/s1. The van der Waals surface area contributed by atoms with Gasteiger partial charge in [-0.2, -0.15) is 8.42 Å². The largest absolute Gasteiger partial charge is 0.462 e. The molecule has 1 rings (SSSR count). The fourth-order valence-electron chi connectivity index (χ4n) is 6.19. The smallest absolute Gasteiger partial charge is 0.306 e. The van der Waals surface area contributed by atoms with E-state index in [1.165, 1.54) is 51.4 Å². The van der Waals surface area contributed by atoms with Gasteiger partial charge in [0.15, 0.2) is 12.4 Å². The molecule has 6 atom stereocenters. The molecule has 330 valence electrons. The van der Waals surface area contributed by atoms with Crippen molar-refractivity contribution < 1.29 is 56.8 Å². The maximum absolute atomic E-state index is 12.8. The van der Waals surface area contributed by atoms with Crippen molar-refractivity contribution >= 4 is 22.1 Å². The monoisotopic (exact) mass is 829 g/mol. The molecule has 1 heterocycles. The zero-order chi connectivity index (χ0) is 42.0. The van der Waals surface area contributed by atoms with Crippen molar-refractivity contribution in [3.63, 3.8) is 0 Å². The van der Waals surface area contributed by atoms with Crippen molar-refractivity contribution in [3.05, 3.63) is 48.6 Å². The summed E-state index contributed by atoms with van der Waals surface area (Å²) in [6.07, 6.45) is 30.2. The lowest BCUT2D eigenvalue weighted by atomic mass is 10.00. The van der Waals surface area contributed by atoms with Gasteiger partial charge in [-0.3, -0.25) is 14.1 Å². The van der Waals surface area contributed by atoms with Crippen LogP contribution >= 0.6 is 0 Å². The normalized spacial score (nSPS) is 21.0. The number of allylic oxidation sites excluding steroid dienone is 8. The summed E-state index contributed by atoms with van der Waals surface area (Å²) in [6, 6.07) is 0. The van der Waals surface area contributed by atoms with Gasteiger partial charge in [-0.05, 0) is 70.6 Å². The summed E-state index contributed by atoms with van der Waals surface area (Å²) < 4.78 is 53.9. The summed E-state index contributed by atoms with van der Waals surface area (Å²) in [6.45, 7) is 3.65. The van der Waals surface area contributed by atoms with E-state index in [-0.39, 0.29) is 19.4 Å². The van der Waals surface area contributed by atoms with Crippen molar-refractivity contribution in [2.24, 2.45) is 0 Å². The van der Waals surface area contributed by atoms with Gasteiger partial charge >= 0.3 is 11.9 Å². The highest BCUT2D eigenvalue weighted by Gasteiger charge is 2.46.